The summed E-state index contributed by atoms with van der Waals surface area (Å²) in [4.78, 5) is 9.95. The van der Waals surface area contributed by atoms with Crippen molar-refractivity contribution in [3.05, 3.63) is 58.1 Å². The van der Waals surface area contributed by atoms with Gasteiger partial charge in [0.1, 0.15) is 11.5 Å². The minimum absolute atomic E-state index is 0.0251. The van der Waals surface area contributed by atoms with Gasteiger partial charge in [-0.05, 0) is 29.8 Å². The van der Waals surface area contributed by atoms with Crippen LogP contribution in [-0.2, 0) is 16.6 Å². The number of nitro groups is 1. The van der Waals surface area contributed by atoms with E-state index in [-0.39, 0.29) is 12.3 Å². The number of nitrogens with zero attached hydrogens (tertiary/aromatic N) is 1. The first-order chi connectivity index (χ1) is 11.4. The Kier molecular flexibility index (Phi) is 5.37. The third kappa shape index (κ3) is 4.00. The van der Waals surface area contributed by atoms with Crippen LogP contribution in [0, 0.1) is 10.1 Å². The molecule has 8 nitrogen and oxygen atoms in total. The van der Waals surface area contributed by atoms with Crippen molar-refractivity contribution < 1.29 is 22.8 Å². The number of hydrogen-bond donors (Lipinski definition) is 1. The average Bonchev–Trinajstić information content (AvgIpc) is 2.59. The Morgan fingerprint density at radius 3 is 2.38 bits per heavy atom. The van der Waals surface area contributed by atoms with Crippen LogP contribution >= 0.6 is 0 Å². The molecule has 2 rings (SSSR count). The van der Waals surface area contributed by atoms with E-state index in [0.29, 0.717) is 11.3 Å². The van der Waals surface area contributed by atoms with Crippen LogP contribution in [0.4, 0.5) is 5.69 Å². The van der Waals surface area contributed by atoms with Crippen LogP contribution in [0.25, 0.3) is 0 Å². The van der Waals surface area contributed by atoms with Crippen molar-refractivity contribution in [3.63, 3.8) is 0 Å². The Labute approximate surface area is 139 Å². The molecule has 9 heteroatoms. The van der Waals surface area contributed by atoms with Crippen LogP contribution in [0.3, 0.4) is 0 Å². The zero-order valence-corrected chi connectivity index (χ0v) is 13.9. The summed E-state index contributed by atoms with van der Waals surface area (Å²) in [5.41, 5.74) is 0.113. The van der Waals surface area contributed by atoms with E-state index in [2.05, 4.69) is 4.72 Å². The van der Waals surface area contributed by atoms with E-state index >= 15 is 0 Å². The molecule has 0 aliphatic heterocycles. The van der Waals surface area contributed by atoms with Crippen molar-refractivity contribution in [2.75, 3.05) is 14.2 Å². The summed E-state index contributed by atoms with van der Waals surface area (Å²) in [5.74, 6) is 0.788. The topological polar surface area (TPSA) is 108 Å². The molecule has 24 heavy (non-hydrogen) atoms. The van der Waals surface area contributed by atoms with Gasteiger partial charge in [-0.15, -0.1) is 0 Å². The van der Waals surface area contributed by atoms with Crippen molar-refractivity contribution in [1.82, 2.24) is 4.72 Å². The minimum Gasteiger partial charge on any atom is -0.497 e. The Morgan fingerprint density at radius 1 is 1.08 bits per heavy atom. The van der Waals surface area contributed by atoms with Gasteiger partial charge in [-0.25, -0.2) is 13.1 Å². The lowest BCUT2D eigenvalue weighted by atomic mass is 10.2. The Bertz CT molecular complexity index is 851. The summed E-state index contributed by atoms with van der Waals surface area (Å²) in [6.07, 6.45) is 0. The third-order valence-corrected chi connectivity index (χ3v) is 4.70. The molecule has 0 amide bonds. The molecule has 1 N–H and O–H groups in total. The largest absolute Gasteiger partial charge is 0.497 e. The highest BCUT2D eigenvalue weighted by molar-refractivity contribution is 7.89. The Balaban J connectivity index is 2.28. The molecular formula is C15H16N2O6S. The van der Waals surface area contributed by atoms with E-state index in [0.717, 1.165) is 12.1 Å². The summed E-state index contributed by atoms with van der Waals surface area (Å²) in [7, 11) is -1.22. The van der Waals surface area contributed by atoms with Crippen LogP contribution in [0.15, 0.2) is 47.4 Å². The van der Waals surface area contributed by atoms with Gasteiger partial charge in [0.15, 0.2) is 4.90 Å². The molecule has 0 radical (unpaired) electrons. The number of ether oxygens (including phenoxy) is 2. The number of nitrogens with one attached hydrogen (secondary N) is 1. The molecule has 0 atom stereocenters. The summed E-state index contributed by atoms with van der Waals surface area (Å²) < 4.78 is 37.1. The first-order valence-corrected chi connectivity index (χ1v) is 8.30. The van der Waals surface area contributed by atoms with Crippen LogP contribution in [-0.4, -0.2) is 27.6 Å². The van der Waals surface area contributed by atoms with Gasteiger partial charge in [0.05, 0.1) is 25.2 Å². The fourth-order valence-corrected chi connectivity index (χ4v) is 3.20. The van der Waals surface area contributed by atoms with Crippen LogP contribution in [0.1, 0.15) is 5.56 Å². The van der Waals surface area contributed by atoms with E-state index in [1.165, 1.54) is 20.3 Å². The number of rotatable bonds is 7. The fraction of sp³-hybridized carbons (Fsp3) is 0.200. The second kappa shape index (κ2) is 7.28. The zero-order chi connectivity index (χ0) is 17.7. The standard InChI is InChI=1S/C15H16N2O6S/c1-22-12-5-3-4-11(8-12)10-16-24(20,21)15-7-6-13(23-2)9-14(15)17(18)19/h3-9,16H,10H2,1-2H3. The molecule has 0 aliphatic carbocycles. The maximum Gasteiger partial charge on any atom is 0.293 e. The molecule has 2 aromatic rings. The predicted molar refractivity (Wildman–Crippen MR) is 86.7 cm³/mol. The van der Waals surface area contributed by atoms with Gasteiger partial charge in [0, 0.05) is 6.54 Å². The van der Waals surface area contributed by atoms with E-state index in [4.69, 9.17) is 9.47 Å². The molecule has 0 aromatic heterocycles. The molecule has 0 fully saturated rings. The number of methoxy groups -OCH3 is 2. The van der Waals surface area contributed by atoms with Gasteiger partial charge in [-0.1, -0.05) is 12.1 Å². The van der Waals surface area contributed by atoms with Gasteiger partial charge >= 0.3 is 0 Å². The lowest BCUT2D eigenvalue weighted by Gasteiger charge is -2.09. The van der Waals surface area contributed by atoms with E-state index in [1.807, 2.05) is 0 Å². The fourth-order valence-electron chi connectivity index (χ4n) is 2.03. The average molecular weight is 352 g/mol. The summed E-state index contributed by atoms with van der Waals surface area (Å²) >= 11 is 0. The Morgan fingerprint density at radius 2 is 1.75 bits per heavy atom. The number of benzene rings is 2. The lowest BCUT2D eigenvalue weighted by molar-refractivity contribution is -0.387. The van der Waals surface area contributed by atoms with E-state index < -0.39 is 25.5 Å². The molecule has 0 heterocycles. The van der Waals surface area contributed by atoms with Crippen molar-refractivity contribution >= 4 is 15.7 Å². The maximum atomic E-state index is 12.4. The normalized spacial score (nSPS) is 11.1. The Hall–Kier alpha value is -2.65. The van der Waals surface area contributed by atoms with Crippen LogP contribution in [0.2, 0.25) is 0 Å². The minimum atomic E-state index is -4.07. The molecule has 2 aromatic carbocycles. The number of sulfonamides is 1. The van der Waals surface area contributed by atoms with E-state index in [1.54, 1.807) is 24.3 Å². The first-order valence-electron chi connectivity index (χ1n) is 6.82. The van der Waals surface area contributed by atoms with Gasteiger partial charge in [-0.2, -0.15) is 0 Å². The summed E-state index contributed by atoms with van der Waals surface area (Å²) in [5, 5.41) is 11.1. The third-order valence-electron chi connectivity index (χ3n) is 3.25. The lowest BCUT2D eigenvalue weighted by Crippen LogP contribution is -2.24. The van der Waals surface area contributed by atoms with Gasteiger partial charge in [0.2, 0.25) is 10.0 Å². The first kappa shape index (κ1) is 17.7. The van der Waals surface area contributed by atoms with Crippen LogP contribution in [0.5, 0.6) is 11.5 Å². The van der Waals surface area contributed by atoms with Crippen molar-refractivity contribution in [1.29, 1.82) is 0 Å². The SMILES string of the molecule is COc1cccc(CNS(=O)(=O)c2ccc(OC)cc2[N+](=O)[O-])c1. The highest BCUT2D eigenvalue weighted by Crippen LogP contribution is 2.28. The smallest absolute Gasteiger partial charge is 0.293 e. The van der Waals surface area contributed by atoms with Gasteiger partial charge < -0.3 is 9.47 Å². The molecule has 0 saturated carbocycles. The highest BCUT2D eigenvalue weighted by atomic mass is 32.2. The van der Waals surface area contributed by atoms with Gasteiger partial charge in [-0.3, -0.25) is 10.1 Å². The quantitative estimate of drug-likeness (QED) is 0.604. The molecular weight excluding hydrogens is 336 g/mol. The van der Waals surface area contributed by atoms with Gasteiger partial charge in [0.25, 0.3) is 5.69 Å². The van der Waals surface area contributed by atoms with Crippen molar-refractivity contribution in [3.8, 4) is 11.5 Å². The summed E-state index contributed by atoms with van der Waals surface area (Å²) in [6, 6.07) is 10.4. The molecule has 0 spiro atoms. The molecule has 0 saturated heterocycles. The monoisotopic (exact) mass is 352 g/mol. The second-order valence-corrected chi connectivity index (χ2v) is 6.50. The van der Waals surface area contributed by atoms with Crippen LogP contribution < -0.4 is 14.2 Å². The van der Waals surface area contributed by atoms with Crippen molar-refractivity contribution in [2.45, 2.75) is 11.4 Å². The second-order valence-electron chi connectivity index (χ2n) is 4.77. The predicted octanol–water partition coefficient (Wildman–Crippen LogP) is 2.09. The highest BCUT2D eigenvalue weighted by Gasteiger charge is 2.26. The molecule has 0 bridgehead atoms. The summed E-state index contributed by atoms with van der Waals surface area (Å²) in [6.45, 7) is -0.0251. The molecule has 0 aliphatic rings. The zero-order valence-electron chi connectivity index (χ0n) is 13.1. The number of nitro benzene ring substituents is 1. The number of hydrogen-bond acceptors (Lipinski definition) is 6. The van der Waals surface area contributed by atoms with Crippen molar-refractivity contribution in [2.24, 2.45) is 0 Å². The van der Waals surface area contributed by atoms with E-state index in [9.17, 15) is 18.5 Å². The molecule has 128 valence electrons. The molecule has 0 unspecified atom stereocenters. The maximum absolute atomic E-state index is 12.4.